The number of benzene rings is 1. The first-order valence-electron chi connectivity index (χ1n) is 8.91. The molecule has 1 aromatic carbocycles. The molecule has 0 spiro atoms. The number of halogens is 3. The van der Waals surface area contributed by atoms with E-state index in [1.165, 1.54) is 20.8 Å². The summed E-state index contributed by atoms with van der Waals surface area (Å²) in [5.41, 5.74) is -0.257. The minimum atomic E-state index is -4.72. The maximum Gasteiger partial charge on any atom is 0.391 e. The molecule has 0 radical (unpaired) electrons. The third kappa shape index (κ3) is 7.85. The van der Waals surface area contributed by atoms with E-state index in [0.29, 0.717) is 11.5 Å². The molecular weight excluding hydrogens is 377 g/mol. The van der Waals surface area contributed by atoms with Gasteiger partial charge >= 0.3 is 6.18 Å². The minimum absolute atomic E-state index is 0.0344. The fraction of sp³-hybridized carbons (Fsp3) is 0.579. The van der Waals surface area contributed by atoms with E-state index in [1.54, 1.807) is 37.3 Å². The van der Waals surface area contributed by atoms with E-state index < -0.39 is 42.3 Å². The van der Waals surface area contributed by atoms with Crippen molar-refractivity contribution in [2.24, 2.45) is 0 Å². The van der Waals surface area contributed by atoms with Crippen LogP contribution in [-0.4, -0.2) is 46.4 Å². The molecule has 1 aromatic rings. The Labute approximate surface area is 162 Å². The second-order valence-electron chi connectivity index (χ2n) is 7.38. The van der Waals surface area contributed by atoms with Crippen LogP contribution in [0.4, 0.5) is 13.2 Å². The second kappa shape index (κ2) is 9.88. The zero-order valence-electron chi connectivity index (χ0n) is 16.4. The number of alkyl halides is 3. The molecule has 0 heterocycles. The van der Waals surface area contributed by atoms with Crippen LogP contribution < -0.4 is 5.32 Å². The Morgan fingerprint density at radius 1 is 1.25 bits per heavy atom. The van der Waals surface area contributed by atoms with E-state index >= 15 is 0 Å². The van der Waals surface area contributed by atoms with E-state index in [1.807, 2.05) is 0 Å². The summed E-state index contributed by atoms with van der Waals surface area (Å²) in [4.78, 5) is 29.0. The molecule has 0 saturated heterocycles. The molecular formula is C19H27F3N2O4. The number of aliphatic hydroxyl groups is 1. The predicted octanol–water partition coefficient (Wildman–Crippen LogP) is 3.12. The minimum Gasteiger partial charge on any atom is -0.381 e. The third-order valence-electron chi connectivity index (χ3n) is 3.81. The molecule has 158 valence electrons. The molecule has 9 heteroatoms. The summed E-state index contributed by atoms with van der Waals surface area (Å²) in [6.07, 6.45) is -7.96. The predicted molar refractivity (Wildman–Crippen MR) is 96.8 cm³/mol. The van der Waals surface area contributed by atoms with Crippen molar-refractivity contribution in [3.8, 4) is 0 Å². The monoisotopic (exact) mass is 404 g/mol. The summed E-state index contributed by atoms with van der Waals surface area (Å²) in [6.45, 7) is 6.38. The van der Waals surface area contributed by atoms with Gasteiger partial charge in [0, 0.05) is 0 Å². The number of carbonyl (C=O) groups excluding carboxylic acids is 2. The van der Waals surface area contributed by atoms with Crippen molar-refractivity contribution in [3.63, 3.8) is 0 Å². The Morgan fingerprint density at radius 3 is 2.25 bits per heavy atom. The van der Waals surface area contributed by atoms with Crippen LogP contribution in [0.2, 0.25) is 0 Å². The SMILES string of the molecule is CC[C@H](NC(=O)C(O)C(CC(F)(F)F)N(C=O)OC(C)(C)C)c1ccccc1. The lowest BCUT2D eigenvalue weighted by Gasteiger charge is -2.35. The van der Waals surface area contributed by atoms with Gasteiger partial charge in [0.2, 0.25) is 6.41 Å². The number of hydrogen-bond donors (Lipinski definition) is 2. The van der Waals surface area contributed by atoms with Crippen molar-refractivity contribution in [2.45, 2.75) is 70.5 Å². The normalized spacial score (nSPS) is 15.4. The largest absolute Gasteiger partial charge is 0.391 e. The molecule has 0 aliphatic heterocycles. The Hall–Kier alpha value is -2.13. The van der Waals surface area contributed by atoms with E-state index in [-0.39, 0.29) is 6.41 Å². The summed E-state index contributed by atoms with van der Waals surface area (Å²) < 4.78 is 39.0. The van der Waals surface area contributed by atoms with E-state index in [0.717, 1.165) is 5.56 Å². The van der Waals surface area contributed by atoms with Crippen LogP contribution in [0.25, 0.3) is 0 Å². The lowest BCUT2D eigenvalue weighted by atomic mass is 10.0. The van der Waals surface area contributed by atoms with Crippen LogP contribution in [0.1, 0.15) is 52.1 Å². The highest BCUT2D eigenvalue weighted by atomic mass is 19.4. The third-order valence-corrected chi connectivity index (χ3v) is 3.81. The molecule has 0 fully saturated rings. The molecule has 0 aliphatic carbocycles. The van der Waals surface area contributed by atoms with Crippen LogP contribution in [0.15, 0.2) is 30.3 Å². The summed E-state index contributed by atoms with van der Waals surface area (Å²) in [7, 11) is 0. The molecule has 3 atom stereocenters. The van der Waals surface area contributed by atoms with Gasteiger partial charge in [-0.05, 0) is 32.8 Å². The first-order chi connectivity index (χ1) is 12.9. The molecule has 28 heavy (non-hydrogen) atoms. The Balaban J connectivity index is 3.04. The number of hydroxylamine groups is 2. The van der Waals surface area contributed by atoms with Crippen LogP contribution >= 0.6 is 0 Å². The maximum atomic E-state index is 13.0. The van der Waals surface area contributed by atoms with Crippen molar-refractivity contribution in [3.05, 3.63) is 35.9 Å². The van der Waals surface area contributed by atoms with Crippen molar-refractivity contribution in [1.29, 1.82) is 0 Å². The highest BCUT2D eigenvalue weighted by Gasteiger charge is 2.42. The van der Waals surface area contributed by atoms with Gasteiger partial charge in [-0.3, -0.25) is 14.4 Å². The van der Waals surface area contributed by atoms with Gasteiger partial charge in [0.1, 0.15) is 6.04 Å². The van der Waals surface area contributed by atoms with E-state index in [4.69, 9.17) is 4.84 Å². The molecule has 1 rings (SSSR count). The van der Waals surface area contributed by atoms with Crippen LogP contribution in [0.5, 0.6) is 0 Å². The van der Waals surface area contributed by atoms with Crippen molar-refractivity contribution in [2.75, 3.05) is 0 Å². The molecule has 0 aliphatic rings. The first-order valence-corrected chi connectivity index (χ1v) is 8.91. The van der Waals surface area contributed by atoms with Crippen molar-refractivity contribution < 1.29 is 32.7 Å². The molecule has 2 unspecified atom stereocenters. The number of hydrogen-bond acceptors (Lipinski definition) is 4. The molecule has 0 aromatic heterocycles. The lowest BCUT2D eigenvalue weighted by molar-refractivity contribution is -0.257. The Kier molecular flexibility index (Phi) is 8.44. The van der Waals surface area contributed by atoms with Gasteiger partial charge in [0.05, 0.1) is 18.1 Å². The van der Waals surface area contributed by atoms with Gasteiger partial charge < -0.3 is 10.4 Å². The highest BCUT2D eigenvalue weighted by molar-refractivity contribution is 5.82. The average molecular weight is 404 g/mol. The molecule has 0 saturated carbocycles. The number of nitrogens with zero attached hydrogens (tertiary/aromatic N) is 1. The summed E-state index contributed by atoms with van der Waals surface area (Å²) in [6, 6.07) is 6.41. The fourth-order valence-corrected chi connectivity index (χ4v) is 2.60. The lowest BCUT2D eigenvalue weighted by Crippen LogP contribution is -2.54. The van der Waals surface area contributed by atoms with Crippen molar-refractivity contribution in [1.82, 2.24) is 10.4 Å². The van der Waals surface area contributed by atoms with Gasteiger partial charge in [-0.1, -0.05) is 37.3 Å². The zero-order chi connectivity index (χ0) is 21.5. The number of carbonyl (C=O) groups is 2. The molecule has 0 bridgehead atoms. The van der Waals surface area contributed by atoms with Crippen LogP contribution in [0.3, 0.4) is 0 Å². The molecule has 2 N–H and O–H groups in total. The zero-order valence-corrected chi connectivity index (χ0v) is 16.4. The van der Waals surface area contributed by atoms with Crippen LogP contribution in [-0.2, 0) is 14.4 Å². The summed E-state index contributed by atoms with van der Waals surface area (Å²) in [5.74, 6) is -1.02. The number of rotatable bonds is 9. The quantitative estimate of drug-likeness (QED) is 0.490. The van der Waals surface area contributed by atoms with E-state index in [2.05, 4.69) is 5.32 Å². The topological polar surface area (TPSA) is 78.9 Å². The van der Waals surface area contributed by atoms with Gasteiger partial charge in [0.15, 0.2) is 6.10 Å². The maximum absolute atomic E-state index is 13.0. The number of nitrogens with one attached hydrogen (secondary N) is 1. The Bertz CT molecular complexity index is 632. The summed E-state index contributed by atoms with van der Waals surface area (Å²) in [5, 5.41) is 13.2. The van der Waals surface area contributed by atoms with Gasteiger partial charge in [0.25, 0.3) is 5.91 Å². The van der Waals surface area contributed by atoms with Gasteiger partial charge in [-0.2, -0.15) is 13.2 Å². The first kappa shape index (κ1) is 23.9. The number of aliphatic hydroxyl groups excluding tert-OH is 1. The van der Waals surface area contributed by atoms with E-state index in [9.17, 15) is 27.9 Å². The summed E-state index contributed by atoms with van der Waals surface area (Å²) >= 11 is 0. The molecule has 2 amide bonds. The van der Waals surface area contributed by atoms with Gasteiger partial charge in [-0.25, -0.2) is 5.06 Å². The standard InChI is InChI=1S/C19H27F3N2O4/c1-5-14(13-9-7-6-8-10-13)23-17(27)16(26)15(11-19(20,21)22)24(12-25)28-18(2,3)4/h6-10,12,14-16,26H,5,11H2,1-4H3,(H,23,27)/t14-,15?,16?/m0/s1. The number of amides is 2. The average Bonchev–Trinajstić information content (AvgIpc) is 2.60. The fourth-order valence-electron chi connectivity index (χ4n) is 2.60. The van der Waals surface area contributed by atoms with Crippen molar-refractivity contribution >= 4 is 12.3 Å². The second-order valence-corrected chi connectivity index (χ2v) is 7.38. The van der Waals surface area contributed by atoms with Gasteiger partial charge in [-0.15, -0.1) is 0 Å². The molecule has 6 nitrogen and oxygen atoms in total. The highest BCUT2D eigenvalue weighted by Crippen LogP contribution is 2.27. The smallest absolute Gasteiger partial charge is 0.381 e. The van der Waals surface area contributed by atoms with Crippen LogP contribution in [0, 0.1) is 0 Å². The Morgan fingerprint density at radius 2 is 1.82 bits per heavy atom.